The summed E-state index contributed by atoms with van der Waals surface area (Å²) in [4.78, 5) is 22.2. The predicted molar refractivity (Wildman–Crippen MR) is 83.1 cm³/mol. The minimum atomic E-state index is -0.541. The second-order valence-corrected chi connectivity index (χ2v) is 4.88. The number of nitrogens with one attached hydrogen (secondary N) is 1. The van der Waals surface area contributed by atoms with Gasteiger partial charge in [0.05, 0.1) is 4.92 Å². The standard InChI is InChI=1S/C16H16N2O4/c1-11-7-8-15(12(2)9-11)22-10-16(19)17-13-5-3-4-6-14(13)18(20)21/h3-9H,10H2,1-2H3,(H,17,19). The minimum Gasteiger partial charge on any atom is -0.483 e. The predicted octanol–water partition coefficient (Wildman–Crippen LogP) is 3.23. The highest BCUT2D eigenvalue weighted by atomic mass is 16.6. The molecule has 0 heterocycles. The number of rotatable bonds is 5. The summed E-state index contributed by atoms with van der Waals surface area (Å²) < 4.78 is 5.44. The average Bonchev–Trinajstić information content (AvgIpc) is 2.46. The van der Waals surface area contributed by atoms with Crippen LogP contribution in [0, 0.1) is 24.0 Å². The molecule has 0 aliphatic heterocycles. The molecule has 2 aromatic rings. The van der Waals surface area contributed by atoms with Gasteiger partial charge in [-0.1, -0.05) is 29.8 Å². The molecule has 22 heavy (non-hydrogen) atoms. The number of carbonyl (C=O) groups is 1. The van der Waals surface area contributed by atoms with E-state index in [9.17, 15) is 14.9 Å². The van der Waals surface area contributed by atoms with Crippen molar-refractivity contribution in [2.24, 2.45) is 0 Å². The van der Waals surface area contributed by atoms with Crippen LogP contribution >= 0.6 is 0 Å². The van der Waals surface area contributed by atoms with Gasteiger partial charge in [-0.05, 0) is 31.5 Å². The van der Waals surface area contributed by atoms with E-state index in [0.717, 1.165) is 11.1 Å². The number of carbonyl (C=O) groups excluding carboxylic acids is 1. The zero-order valence-electron chi connectivity index (χ0n) is 12.3. The Hall–Kier alpha value is -2.89. The zero-order chi connectivity index (χ0) is 16.1. The summed E-state index contributed by atoms with van der Waals surface area (Å²) in [7, 11) is 0. The summed E-state index contributed by atoms with van der Waals surface area (Å²) in [6.07, 6.45) is 0. The lowest BCUT2D eigenvalue weighted by atomic mass is 10.1. The Kier molecular flexibility index (Phi) is 4.73. The van der Waals surface area contributed by atoms with Crippen LogP contribution in [0.4, 0.5) is 11.4 Å². The molecule has 0 saturated heterocycles. The Bertz CT molecular complexity index is 713. The third-order valence-corrected chi connectivity index (χ3v) is 3.06. The Morgan fingerprint density at radius 2 is 1.95 bits per heavy atom. The molecular weight excluding hydrogens is 284 g/mol. The second-order valence-electron chi connectivity index (χ2n) is 4.88. The molecule has 0 atom stereocenters. The summed E-state index contributed by atoms with van der Waals surface area (Å²) in [5.74, 6) is 0.164. The van der Waals surface area contributed by atoms with E-state index in [1.54, 1.807) is 18.2 Å². The SMILES string of the molecule is Cc1ccc(OCC(=O)Nc2ccccc2[N+](=O)[O-])c(C)c1. The van der Waals surface area contributed by atoms with Crippen LogP contribution in [0.15, 0.2) is 42.5 Å². The lowest BCUT2D eigenvalue weighted by Gasteiger charge is -2.10. The molecule has 0 aliphatic carbocycles. The van der Waals surface area contributed by atoms with Gasteiger partial charge < -0.3 is 10.1 Å². The number of hydrogen-bond donors (Lipinski definition) is 1. The molecule has 0 spiro atoms. The molecule has 2 rings (SSSR count). The Morgan fingerprint density at radius 3 is 2.64 bits per heavy atom. The van der Waals surface area contributed by atoms with Crippen molar-refractivity contribution in [2.45, 2.75) is 13.8 Å². The molecule has 0 fully saturated rings. The van der Waals surface area contributed by atoms with Crippen LogP contribution in [0.2, 0.25) is 0 Å². The molecule has 1 N–H and O–H groups in total. The van der Waals surface area contributed by atoms with Gasteiger partial charge in [-0.15, -0.1) is 0 Å². The van der Waals surface area contributed by atoms with Crippen molar-refractivity contribution in [1.29, 1.82) is 0 Å². The number of nitrogens with zero attached hydrogens (tertiary/aromatic N) is 1. The van der Waals surface area contributed by atoms with Crippen molar-refractivity contribution in [3.63, 3.8) is 0 Å². The molecule has 0 aliphatic rings. The van der Waals surface area contributed by atoms with E-state index in [1.807, 2.05) is 26.0 Å². The van der Waals surface area contributed by atoms with Crippen LogP contribution < -0.4 is 10.1 Å². The van der Waals surface area contributed by atoms with E-state index >= 15 is 0 Å². The maximum absolute atomic E-state index is 11.9. The molecule has 0 unspecified atom stereocenters. The van der Waals surface area contributed by atoms with Crippen molar-refractivity contribution in [1.82, 2.24) is 0 Å². The minimum absolute atomic E-state index is 0.151. The molecule has 114 valence electrons. The molecular formula is C16H16N2O4. The third kappa shape index (κ3) is 3.82. The average molecular weight is 300 g/mol. The Labute approximate surface area is 127 Å². The maximum atomic E-state index is 11.9. The number of para-hydroxylation sites is 2. The first kappa shape index (κ1) is 15.5. The number of anilines is 1. The highest BCUT2D eigenvalue weighted by Gasteiger charge is 2.15. The third-order valence-electron chi connectivity index (χ3n) is 3.06. The molecule has 1 amide bonds. The second kappa shape index (κ2) is 6.71. The maximum Gasteiger partial charge on any atom is 0.292 e. The first-order valence-electron chi connectivity index (χ1n) is 6.70. The van der Waals surface area contributed by atoms with E-state index in [4.69, 9.17) is 4.74 Å². The van der Waals surface area contributed by atoms with Gasteiger partial charge >= 0.3 is 0 Å². The lowest BCUT2D eigenvalue weighted by Crippen LogP contribution is -2.21. The van der Waals surface area contributed by atoms with E-state index in [-0.39, 0.29) is 18.0 Å². The Morgan fingerprint density at radius 1 is 1.23 bits per heavy atom. The topological polar surface area (TPSA) is 81.5 Å². The molecule has 0 bridgehead atoms. The van der Waals surface area contributed by atoms with Crippen LogP contribution in [-0.4, -0.2) is 17.4 Å². The molecule has 0 radical (unpaired) electrons. The summed E-state index contributed by atoms with van der Waals surface area (Å²) in [6, 6.07) is 11.6. The normalized spacial score (nSPS) is 10.1. The summed E-state index contributed by atoms with van der Waals surface area (Å²) in [6.45, 7) is 3.65. The number of hydrogen-bond acceptors (Lipinski definition) is 4. The van der Waals surface area contributed by atoms with Crippen LogP contribution in [0.1, 0.15) is 11.1 Å². The van der Waals surface area contributed by atoms with Gasteiger partial charge in [-0.2, -0.15) is 0 Å². The van der Waals surface area contributed by atoms with Gasteiger partial charge in [0.2, 0.25) is 0 Å². The van der Waals surface area contributed by atoms with Crippen LogP contribution in [-0.2, 0) is 4.79 Å². The largest absolute Gasteiger partial charge is 0.483 e. The first-order valence-corrected chi connectivity index (χ1v) is 6.70. The quantitative estimate of drug-likeness (QED) is 0.679. The van der Waals surface area contributed by atoms with E-state index in [0.29, 0.717) is 5.75 Å². The van der Waals surface area contributed by atoms with Gasteiger partial charge in [-0.25, -0.2) is 0 Å². The highest BCUT2D eigenvalue weighted by molar-refractivity contribution is 5.94. The van der Waals surface area contributed by atoms with Gasteiger partial charge in [-0.3, -0.25) is 14.9 Å². The fourth-order valence-electron chi connectivity index (χ4n) is 2.03. The van der Waals surface area contributed by atoms with Crippen molar-refractivity contribution < 1.29 is 14.5 Å². The van der Waals surface area contributed by atoms with Crippen molar-refractivity contribution in [2.75, 3.05) is 11.9 Å². The number of amides is 1. The molecule has 6 heteroatoms. The van der Waals surface area contributed by atoms with E-state index < -0.39 is 10.8 Å². The Balaban J connectivity index is 2.00. The smallest absolute Gasteiger partial charge is 0.292 e. The van der Waals surface area contributed by atoms with Crippen molar-refractivity contribution >= 4 is 17.3 Å². The first-order chi connectivity index (χ1) is 10.5. The van der Waals surface area contributed by atoms with Gasteiger partial charge in [0.1, 0.15) is 11.4 Å². The molecule has 6 nitrogen and oxygen atoms in total. The van der Waals surface area contributed by atoms with Gasteiger partial charge in [0.15, 0.2) is 6.61 Å². The highest BCUT2D eigenvalue weighted by Crippen LogP contribution is 2.23. The number of nitro benzene ring substituents is 1. The number of benzene rings is 2. The fourth-order valence-corrected chi connectivity index (χ4v) is 2.03. The van der Waals surface area contributed by atoms with Crippen LogP contribution in [0.25, 0.3) is 0 Å². The van der Waals surface area contributed by atoms with Gasteiger partial charge in [0.25, 0.3) is 11.6 Å². The summed E-state index contributed by atoms with van der Waals surface area (Å²) >= 11 is 0. The zero-order valence-corrected chi connectivity index (χ0v) is 12.3. The molecule has 0 aromatic heterocycles. The van der Waals surface area contributed by atoms with Crippen LogP contribution in [0.5, 0.6) is 5.75 Å². The van der Waals surface area contributed by atoms with E-state index in [2.05, 4.69) is 5.32 Å². The lowest BCUT2D eigenvalue weighted by molar-refractivity contribution is -0.383. The van der Waals surface area contributed by atoms with Gasteiger partial charge in [0, 0.05) is 6.07 Å². The van der Waals surface area contributed by atoms with Crippen LogP contribution in [0.3, 0.4) is 0 Å². The number of aryl methyl sites for hydroxylation is 2. The van der Waals surface area contributed by atoms with Crippen molar-refractivity contribution in [3.8, 4) is 5.75 Å². The molecule has 0 saturated carbocycles. The summed E-state index contributed by atoms with van der Waals surface area (Å²) in [5.41, 5.74) is 2.04. The monoisotopic (exact) mass is 300 g/mol. The molecule has 2 aromatic carbocycles. The number of ether oxygens (including phenoxy) is 1. The fraction of sp³-hybridized carbons (Fsp3) is 0.188. The van der Waals surface area contributed by atoms with E-state index in [1.165, 1.54) is 12.1 Å². The number of nitro groups is 1. The summed E-state index contributed by atoms with van der Waals surface area (Å²) in [5, 5.41) is 13.4. The van der Waals surface area contributed by atoms with Crippen molar-refractivity contribution in [3.05, 3.63) is 63.7 Å².